The largest absolute Gasteiger partial charge is 0.461 e. The van der Waals surface area contributed by atoms with Gasteiger partial charge in [-0.1, -0.05) is 30.3 Å². The van der Waals surface area contributed by atoms with E-state index in [2.05, 4.69) is 0 Å². The van der Waals surface area contributed by atoms with E-state index in [9.17, 15) is 42.8 Å². The Morgan fingerprint density at radius 3 is 2.10 bits per heavy atom. The predicted octanol–water partition coefficient (Wildman–Crippen LogP) is 3.31. The molecule has 0 saturated carbocycles. The summed E-state index contributed by atoms with van der Waals surface area (Å²) in [7, 11) is -5.99. The van der Waals surface area contributed by atoms with Crippen molar-refractivity contribution in [2.75, 3.05) is 0 Å². The average molecular weight is 589 g/mol. The first-order chi connectivity index (χ1) is 18.7. The third-order valence-corrected chi connectivity index (χ3v) is 6.69. The Labute approximate surface area is 226 Å². The first-order valence-corrected chi connectivity index (χ1v) is 13.3. The Bertz CT molecular complexity index is 1240. The van der Waals surface area contributed by atoms with Crippen molar-refractivity contribution in [1.82, 2.24) is 0 Å². The highest BCUT2D eigenvalue weighted by Crippen LogP contribution is 2.56. The number of nitro benzene ring substituents is 1. The van der Waals surface area contributed by atoms with E-state index in [1.165, 1.54) is 0 Å². The molecule has 1 fully saturated rings. The fraction of sp³-hybridized carbons (Fsp3) is 0.417. The molecule has 0 radical (unpaired) electrons. The van der Waals surface area contributed by atoms with E-state index in [0.29, 0.717) is 5.56 Å². The fourth-order valence-corrected chi connectivity index (χ4v) is 4.31. The molecule has 1 aliphatic heterocycles. The van der Waals surface area contributed by atoms with Crippen LogP contribution in [-0.4, -0.2) is 63.0 Å². The number of alkyl halides is 2. The summed E-state index contributed by atoms with van der Waals surface area (Å²) in [5.74, 6) is -1.91. The summed E-state index contributed by atoms with van der Waals surface area (Å²) in [6, 6.07) is 12.8. The van der Waals surface area contributed by atoms with E-state index >= 15 is 0 Å². The summed E-state index contributed by atoms with van der Waals surface area (Å²) < 4.78 is 68.5. The van der Waals surface area contributed by atoms with Gasteiger partial charge in [-0.25, -0.2) is 0 Å². The molecule has 218 valence electrons. The number of nitrogens with zero attached hydrogens (tertiary/aromatic N) is 1. The first kappa shape index (κ1) is 31.0. The number of ether oxygens (including phenoxy) is 5. The third kappa shape index (κ3) is 8.02. The predicted molar refractivity (Wildman–Crippen MR) is 130 cm³/mol. The second-order valence-electron chi connectivity index (χ2n) is 8.74. The lowest BCUT2D eigenvalue weighted by Crippen LogP contribution is -2.63. The lowest BCUT2D eigenvalue weighted by Gasteiger charge is -2.45. The number of benzene rings is 2. The molecular weight excluding hydrogens is 563 g/mol. The maximum atomic E-state index is 14.6. The van der Waals surface area contributed by atoms with Gasteiger partial charge in [0.2, 0.25) is 12.4 Å². The molecule has 2 N–H and O–H groups in total. The van der Waals surface area contributed by atoms with E-state index < -0.39 is 67.2 Å². The molecule has 3 rings (SSSR count). The smallest absolute Gasteiger partial charge is 0.394 e. The summed E-state index contributed by atoms with van der Waals surface area (Å²) in [4.78, 5) is 52.8. The number of hydrogen-bond acceptors (Lipinski definition) is 10. The Morgan fingerprint density at radius 2 is 1.57 bits per heavy atom. The molecule has 0 spiro atoms. The topological polar surface area (TPSA) is 181 Å². The van der Waals surface area contributed by atoms with Gasteiger partial charge in [-0.3, -0.25) is 24.3 Å². The highest BCUT2D eigenvalue weighted by Gasteiger charge is 2.58. The number of nitro groups is 1. The quantitative estimate of drug-likeness (QED) is 0.169. The molecule has 0 amide bonds. The van der Waals surface area contributed by atoms with Crippen LogP contribution in [0.1, 0.15) is 25.8 Å². The Hall–Kier alpha value is -3.49. The highest BCUT2D eigenvalue weighted by atomic mass is 31.2. The number of rotatable bonds is 11. The van der Waals surface area contributed by atoms with Crippen LogP contribution >= 0.6 is 7.60 Å². The van der Waals surface area contributed by atoms with Crippen LogP contribution in [0.3, 0.4) is 0 Å². The van der Waals surface area contributed by atoms with E-state index in [0.717, 1.165) is 38.1 Å². The van der Waals surface area contributed by atoms with Crippen molar-refractivity contribution in [3.8, 4) is 5.75 Å². The third-order valence-electron chi connectivity index (χ3n) is 5.65. The molecule has 0 bridgehead atoms. The van der Waals surface area contributed by atoms with Gasteiger partial charge < -0.3 is 33.5 Å². The molecule has 1 heterocycles. The molecule has 0 aromatic heterocycles. The summed E-state index contributed by atoms with van der Waals surface area (Å²) in [5.41, 5.74) is -4.32. The van der Waals surface area contributed by atoms with Gasteiger partial charge in [0, 0.05) is 26.0 Å². The number of hydrogen-bond donors (Lipinski definition) is 2. The van der Waals surface area contributed by atoms with Gasteiger partial charge in [0.15, 0.2) is 6.10 Å². The molecule has 2 aromatic rings. The van der Waals surface area contributed by atoms with Crippen LogP contribution < -0.4 is 4.74 Å². The minimum atomic E-state index is -5.99. The average Bonchev–Trinajstić information content (AvgIpc) is 2.85. The molecule has 1 aliphatic rings. The van der Waals surface area contributed by atoms with Crippen molar-refractivity contribution in [3.63, 3.8) is 0 Å². The molecular formula is C24H26F2NO12P. The van der Waals surface area contributed by atoms with E-state index in [1.807, 2.05) is 0 Å². The number of non-ortho nitro benzene ring substituents is 1. The molecule has 0 unspecified atom stereocenters. The van der Waals surface area contributed by atoms with Crippen LogP contribution in [0.25, 0.3) is 0 Å². The van der Waals surface area contributed by atoms with Crippen molar-refractivity contribution < 1.29 is 61.3 Å². The summed E-state index contributed by atoms with van der Waals surface area (Å²) in [6.45, 7) is 1.78. The van der Waals surface area contributed by atoms with E-state index in [-0.39, 0.29) is 18.0 Å². The monoisotopic (exact) mass is 589 g/mol. The van der Waals surface area contributed by atoms with E-state index in [4.69, 9.17) is 23.7 Å². The lowest BCUT2D eigenvalue weighted by atomic mass is 9.95. The summed E-state index contributed by atoms with van der Waals surface area (Å²) in [6.07, 6.45) is -10.1. The normalized spacial score (nSPS) is 23.2. The van der Waals surface area contributed by atoms with E-state index in [1.54, 1.807) is 30.3 Å². The Morgan fingerprint density at radius 1 is 1.00 bits per heavy atom. The molecule has 16 heteroatoms. The summed E-state index contributed by atoms with van der Waals surface area (Å²) in [5, 5.41) is 11.0. The minimum absolute atomic E-state index is 0.0847. The standard InChI is InChI=1S/C24H26F2NO12P/c1-14(28)36-21-20(35-13-16-6-4-3-5-7-16)19(12-24(25,26)40(32,33)34)39-23(22(21)37-15(2)29)38-18-10-8-17(9-11-18)27(30)31/h3-11,19-23H,12-13H2,1-2H3,(H2,32,33,34)/t19-,20-,21+,22+,23+/m1/s1. The van der Waals surface area contributed by atoms with Gasteiger partial charge in [-0.2, -0.15) is 8.78 Å². The van der Waals surface area contributed by atoms with Crippen molar-refractivity contribution in [1.29, 1.82) is 0 Å². The number of esters is 2. The van der Waals surface area contributed by atoms with Gasteiger partial charge in [0.1, 0.15) is 11.9 Å². The Balaban J connectivity index is 2.03. The van der Waals surface area contributed by atoms with Gasteiger partial charge in [-0.15, -0.1) is 0 Å². The van der Waals surface area contributed by atoms with Crippen LogP contribution in [-0.2, 0) is 39.7 Å². The zero-order chi connectivity index (χ0) is 29.7. The second kappa shape index (κ2) is 12.8. The molecule has 1 saturated heterocycles. The maximum Gasteiger partial charge on any atom is 0.394 e. The number of halogens is 2. The molecule has 13 nitrogen and oxygen atoms in total. The highest BCUT2D eigenvalue weighted by molar-refractivity contribution is 7.53. The zero-order valence-electron chi connectivity index (χ0n) is 21.1. The van der Waals surface area contributed by atoms with Gasteiger partial charge >= 0.3 is 25.2 Å². The van der Waals surface area contributed by atoms with Gasteiger partial charge in [0.05, 0.1) is 24.1 Å². The SMILES string of the molecule is CC(=O)O[C@@H]1[C@H](OC(C)=O)[C@@H](Oc2ccc([N+](=O)[O-])cc2)O[C@H](CC(F)(F)P(=O)(O)O)[C@H]1OCc1ccccc1. The van der Waals surface area contributed by atoms with Crippen LogP contribution in [0.2, 0.25) is 0 Å². The molecule has 0 aliphatic carbocycles. The Kier molecular flexibility index (Phi) is 9.92. The van der Waals surface area contributed by atoms with Gasteiger partial charge in [0.25, 0.3) is 5.69 Å². The molecule has 2 aromatic carbocycles. The van der Waals surface area contributed by atoms with Crippen molar-refractivity contribution >= 4 is 25.2 Å². The zero-order valence-corrected chi connectivity index (χ0v) is 22.0. The van der Waals surface area contributed by atoms with Crippen molar-refractivity contribution in [3.05, 3.63) is 70.3 Å². The fourth-order valence-electron chi connectivity index (χ4n) is 3.89. The van der Waals surface area contributed by atoms with Gasteiger partial charge in [-0.05, 0) is 17.7 Å². The molecule has 5 atom stereocenters. The number of carbonyl (C=O) groups excluding carboxylic acids is 2. The minimum Gasteiger partial charge on any atom is -0.461 e. The summed E-state index contributed by atoms with van der Waals surface area (Å²) >= 11 is 0. The van der Waals surface area contributed by atoms with Crippen LogP contribution in [0.4, 0.5) is 14.5 Å². The maximum absolute atomic E-state index is 14.6. The van der Waals surface area contributed by atoms with Crippen LogP contribution in [0, 0.1) is 10.1 Å². The lowest BCUT2D eigenvalue weighted by molar-refractivity contribution is -0.384. The van der Waals surface area contributed by atoms with Crippen LogP contribution in [0.15, 0.2) is 54.6 Å². The first-order valence-electron chi connectivity index (χ1n) is 11.7. The second-order valence-corrected chi connectivity index (χ2v) is 10.5. The van der Waals surface area contributed by atoms with Crippen LogP contribution in [0.5, 0.6) is 5.75 Å². The van der Waals surface area contributed by atoms with Crippen molar-refractivity contribution in [2.24, 2.45) is 0 Å². The number of carbonyl (C=O) groups is 2. The van der Waals surface area contributed by atoms with Crippen molar-refractivity contribution in [2.45, 2.75) is 63.2 Å². The molecule has 40 heavy (non-hydrogen) atoms.